The van der Waals surface area contributed by atoms with Crippen LogP contribution in [-0.4, -0.2) is 15.0 Å². The number of hydrogen-bond acceptors (Lipinski definition) is 3. The summed E-state index contributed by atoms with van der Waals surface area (Å²) in [6, 6.07) is 67.8. The third kappa shape index (κ3) is 4.87. The lowest BCUT2D eigenvalue weighted by Gasteiger charge is -2.30. The van der Waals surface area contributed by atoms with Crippen molar-refractivity contribution in [2.45, 2.75) is 5.41 Å². The zero-order valence-corrected chi connectivity index (χ0v) is 29.9. The fourth-order valence-corrected chi connectivity index (χ4v) is 8.99. The summed E-state index contributed by atoms with van der Waals surface area (Å²) in [6.45, 7) is 0. The van der Waals surface area contributed by atoms with Crippen LogP contribution < -0.4 is 0 Å². The van der Waals surface area contributed by atoms with E-state index in [9.17, 15) is 0 Å². The van der Waals surface area contributed by atoms with Crippen LogP contribution in [0.1, 0.15) is 22.3 Å². The van der Waals surface area contributed by atoms with Gasteiger partial charge in [0.25, 0.3) is 0 Å². The molecule has 3 heteroatoms. The molecule has 11 rings (SSSR count). The highest BCUT2D eigenvalue weighted by Crippen LogP contribution is 2.62. The normalized spacial score (nSPS) is 12.9. The van der Waals surface area contributed by atoms with Gasteiger partial charge >= 0.3 is 0 Å². The third-order valence-corrected chi connectivity index (χ3v) is 11.4. The lowest BCUT2D eigenvalue weighted by atomic mass is 9.70. The third-order valence-electron chi connectivity index (χ3n) is 11.4. The largest absolute Gasteiger partial charge is 0.264 e. The van der Waals surface area contributed by atoms with Crippen molar-refractivity contribution in [2.75, 3.05) is 0 Å². The summed E-state index contributed by atoms with van der Waals surface area (Å²) in [7, 11) is 0. The number of aromatic nitrogens is 3. The molecule has 0 saturated carbocycles. The first-order valence-electron chi connectivity index (χ1n) is 18.8. The van der Waals surface area contributed by atoms with Gasteiger partial charge < -0.3 is 0 Å². The summed E-state index contributed by atoms with van der Waals surface area (Å²) in [5.41, 5.74) is 19.6. The van der Waals surface area contributed by atoms with Gasteiger partial charge in [0, 0.05) is 29.1 Å². The van der Waals surface area contributed by atoms with Crippen LogP contribution in [0.3, 0.4) is 0 Å². The van der Waals surface area contributed by atoms with Crippen LogP contribution in [0.2, 0.25) is 0 Å². The summed E-state index contributed by atoms with van der Waals surface area (Å²) in [6.07, 6.45) is 3.61. The highest BCUT2D eigenvalue weighted by atomic mass is 14.9. The van der Waals surface area contributed by atoms with Crippen molar-refractivity contribution in [3.05, 3.63) is 223 Å². The van der Waals surface area contributed by atoms with E-state index in [0.29, 0.717) is 5.82 Å². The highest BCUT2D eigenvalue weighted by molar-refractivity contribution is 5.96. The maximum atomic E-state index is 5.14. The van der Waals surface area contributed by atoms with Gasteiger partial charge in [0.2, 0.25) is 0 Å². The Hall–Kier alpha value is -7.23. The van der Waals surface area contributed by atoms with Crippen LogP contribution in [-0.2, 0) is 5.41 Å². The fourth-order valence-electron chi connectivity index (χ4n) is 8.99. The van der Waals surface area contributed by atoms with Crippen LogP contribution in [0.15, 0.2) is 200 Å². The van der Waals surface area contributed by atoms with Gasteiger partial charge in [-0.3, -0.25) is 4.98 Å². The molecule has 0 radical (unpaired) electrons. The Morgan fingerprint density at radius 3 is 1.38 bits per heavy atom. The SMILES string of the molecule is c1ccc(-c2cccc(-c3cc(-c4cccc(-c5ccc6c(c5)-c5ccccc5C65c6ccccc6-c6ccccc65)c4)nc(-c4cccnc4)n3)c2)cc1. The second-order valence-electron chi connectivity index (χ2n) is 14.4. The molecule has 2 aliphatic carbocycles. The zero-order valence-electron chi connectivity index (χ0n) is 29.9. The summed E-state index contributed by atoms with van der Waals surface area (Å²) in [5.74, 6) is 0.646. The van der Waals surface area contributed by atoms with Gasteiger partial charge in [0.15, 0.2) is 5.82 Å². The molecule has 0 bridgehead atoms. The number of hydrogen-bond donors (Lipinski definition) is 0. The smallest absolute Gasteiger partial charge is 0.161 e. The summed E-state index contributed by atoms with van der Waals surface area (Å²) >= 11 is 0. The summed E-state index contributed by atoms with van der Waals surface area (Å²) < 4.78 is 0. The van der Waals surface area contributed by atoms with Gasteiger partial charge in [0.05, 0.1) is 16.8 Å². The maximum absolute atomic E-state index is 5.14. The van der Waals surface area contributed by atoms with Crippen molar-refractivity contribution < 1.29 is 0 Å². The highest BCUT2D eigenvalue weighted by Gasteiger charge is 2.51. The zero-order chi connectivity index (χ0) is 36.3. The molecule has 2 aliphatic rings. The van der Waals surface area contributed by atoms with Crippen molar-refractivity contribution in [1.29, 1.82) is 0 Å². The van der Waals surface area contributed by atoms with Gasteiger partial charge in [-0.1, -0.05) is 152 Å². The monoisotopic (exact) mass is 699 g/mol. The second kappa shape index (κ2) is 12.4. The summed E-state index contributed by atoms with van der Waals surface area (Å²) in [5, 5.41) is 0. The molecule has 256 valence electrons. The van der Waals surface area contributed by atoms with Crippen LogP contribution in [0, 0.1) is 0 Å². The molecule has 2 heterocycles. The van der Waals surface area contributed by atoms with Crippen LogP contribution in [0.5, 0.6) is 0 Å². The minimum absolute atomic E-state index is 0.350. The van der Waals surface area contributed by atoms with E-state index in [1.165, 1.54) is 55.6 Å². The van der Waals surface area contributed by atoms with Crippen molar-refractivity contribution in [3.8, 4) is 78.4 Å². The van der Waals surface area contributed by atoms with Crippen LogP contribution in [0.25, 0.3) is 78.4 Å². The van der Waals surface area contributed by atoms with Gasteiger partial charge in [-0.2, -0.15) is 0 Å². The van der Waals surface area contributed by atoms with Crippen LogP contribution in [0.4, 0.5) is 0 Å². The molecule has 0 aliphatic heterocycles. The molecule has 0 N–H and O–H groups in total. The van der Waals surface area contributed by atoms with E-state index in [1.54, 1.807) is 6.20 Å². The van der Waals surface area contributed by atoms with Gasteiger partial charge in [-0.25, -0.2) is 9.97 Å². The Morgan fingerprint density at radius 2 is 0.782 bits per heavy atom. The molecular formula is C52H33N3. The minimum Gasteiger partial charge on any atom is -0.264 e. The number of rotatable bonds is 5. The first kappa shape index (κ1) is 31.3. The van der Waals surface area contributed by atoms with Crippen molar-refractivity contribution >= 4 is 0 Å². The molecule has 9 aromatic rings. The maximum Gasteiger partial charge on any atom is 0.161 e. The number of nitrogens with zero attached hydrogens (tertiary/aromatic N) is 3. The fraction of sp³-hybridized carbons (Fsp3) is 0.0192. The quantitative estimate of drug-likeness (QED) is 0.179. The van der Waals surface area contributed by atoms with E-state index >= 15 is 0 Å². The van der Waals surface area contributed by atoms with E-state index in [1.807, 2.05) is 24.4 Å². The average molecular weight is 700 g/mol. The molecule has 0 fully saturated rings. The Morgan fingerprint density at radius 1 is 0.309 bits per heavy atom. The second-order valence-corrected chi connectivity index (χ2v) is 14.4. The molecule has 7 aromatic carbocycles. The average Bonchev–Trinajstić information content (AvgIpc) is 3.74. The van der Waals surface area contributed by atoms with E-state index in [4.69, 9.17) is 9.97 Å². The standard InChI is InChI=1S/C52H33N3/c1-2-13-34(14-3-1)35-15-10-17-38(29-35)49-32-50(55-51(54-49)40-19-12-28-53-33-40)39-18-11-16-36(30-39)37-26-27-48-44(31-37)43-22-6-9-25-47(43)52(48)45-23-7-4-20-41(45)42-21-5-8-24-46(42)52/h1-33H. The molecule has 1 spiro atoms. The van der Waals surface area contributed by atoms with Gasteiger partial charge in [0.1, 0.15) is 0 Å². The summed E-state index contributed by atoms with van der Waals surface area (Å²) in [4.78, 5) is 14.6. The van der Waals surface area contributed by atoms with E-state index in [2.05, 4.69) is 175 Å². The van der Waals surface area contributed by atoms with Crippen molar-refractivity contribution in [2.24, 2.45) is 0 Å². The Bertz CT molecular complexity index is 2890. The molecule has 0 amide bonds. The predicted octanol–water partition coefficient (Wildman–Crippen LogP) is 12.6. The molecule has 0 unspecified atom stereocenters. The Kier molecular flexibility index (Phi) is 7.08. The first-order chi connectivity index (χ1) is 27.3. The van der Waals surface area contributed by atoms with Gasteiger partial charge in [-0.05, 0) is 103 Å². The van der Waals surface area contributed by atoms with E-state index < -0.39 is 0 Å². The van der Waals surface area contributed by atoms with E-state index in [0.717, 1.165) is 39.2 Å². The minimum atomic E-state index is -0.350. The molecule has 2 aromatic heterocycles. The molecule has 3 nitrogen and oxygen atoms in total. The van der Waals surface area contributed by atoms with Crippen molar-refractivity contribution in [3.63, 3.8) is 0 Å². The lowest BCUT2D eigenvalue weighted by molar-refractivity contribution is 0.794. The Labute approximate surface area is 320 Å². The van der Waals surface area contributed by atoms with Crippen LogP contribution >= 0.6 is 0 Å². The molecular weight excluding hydrogens is 667 g/mol. The number of fused-ring (bicyclic) bond motifs is 10. The first-order valence-corrected chi connectivity index (χ1v) is 18.8. The lowest BCUT2D eigenvalue weighted by Crippen LogP contribution is -2.25. The van der Waals surface area contributed by atoms with E-state index in [-0.39, 0.29) is 5.41 Å². The number of benzene rings is 7. The molecule has 0 saturated heterocycles. The number of pyridine rings is 1. The topological polar surface area (TPSA) is 38.7 Å². The van der Waals surface area contributed by atoms with Gasteiger partial charge in [-0.15, -0.1) is 0 Å². The van der Waals surface area contributed by atoms with Crippen molar-refractivity contribution in [1.82, 2.24) is 15.0 Å². The Balaban J connectivity index is 1.05. The molecule has 55 heavy (non-hydrogen) atoms. The predicted molar refractivity (Wildman–Crippen MR) is 223 cm³/mol. The molecule has 0 atom stereocenters.